The average molecular weight is 463 g/mol. The number of aromatic nitrogens is 4. The van der Waals surface area contributed by atoms with Crippen molar-refractivity contribution in [2.45, 2.75) is 19.8 Å². The highest BCUT2D eigenvalue weighted by molar-refractivity contribution is 5.71. The van der Waals surface area contributed by atoms with Crippen molar-refractivity contribution in [1.29, 1.82) is 0 Å². The summed E-state index contributed by atoms with van der Waals surface area (Å²) in [5.74, 6) is -0.604. The molecule has 0 radical (unpaired) electrons. The van der Waals surface area contributed by atoms with Crippen molar-refractivity contribution in [3.8, 4) is 22.5 Å². The molecule has 2 heterocycles. The summed E-state index contributed by atoms with van der Waals surface area (Å²) in [6, 6.07) is 25.7. The van der Waals surface area contributed by atoms with Gasteiger partial charge < -0.3 is 0 Å². The second-order valence-electron chi connectivity index (χ2n) is 8.72. The van der Waals surface area contributed by atoms with Crippen LogP contribution in [0, 0.1) is 13.8 Å². The van der Waals surface area contributed by atoms with Crippen LogP contribution in [0.1, 0.15) is 33.7 Å². The Balaban J connectivity index is 1.73. The van der Waals surface area contributed by atoms with E-state index in [1.807, 2.05) is 105 Å². The van der Waals surface area contributed by atoms with E-state index >= 15 is 0 Å². The third-order valence-corrected chi connectivity index (χ3v) is 6.21. The second kappa shape index (κ2) is 9.35. The van der Waals surface area contributed by atoms with E-state index in [1.54, 1.807) is 0 Å². The Bertz CT molecular complexity index is 1480. The predicted molar refractivity (Wildman–Crippen MR) is 140 cm³/mol. The summed E-state index contributed by atoms with van der Waals surface area (Å²) in [5, 5.41) is 11.6. The van der Waals surface area contributed by atoms with E-state index in [0.29, 0.717) is 22.5 Å². The number of aryl methyl sites for hydroxylation is 2. The van der Waals surface area contributed by atoms with Crippen LogP contribution in [0.4, 0.5) is 0 Å². The predicted octanol–water partition coefficient (Wildman–Crippen LogP) is 5.52. The molecular formula is C29H26N4O2. The smallest absolute Gasteiger partial charge is 0.268 e. The highest BCUT2D eigenvalue weighted by atomic mass is 16.1. The molecule has 0 spiro atoms. The van der Waals surface area contributed by atoms with Gasteiger partial charge in [0.1, 0.15) is 0 Å². The van der Waals surface area contributed by atoms with Crippen molar-refractivity contribution in [2.75, 3.05) is 0 Å². The van der Waals surface area contributed by atoms with Crippen LogP contribution in [0.2, 0.25) is 0 Å². The minimum atomic E-state index is -0.604. The molecule has 0 aliphatic heterocycles. The van der Waals surface area contributed by atoms with Gasteiger partial charge in [-0.25, -0.2) is 0 Å². The molecule has 35 heavy (non-hydrogen) atoms. The molecule has 0 aliphatic carbocycles. The zero-order chi connectivity index (χ0) is 24.4. The van der Waals surface area contributed by atoms with Gasteiger partial charge in [-0.3, -0.25) is 30.0 Å². The van der Waals surface area contributed by atoms with Crippen molar-refractivity contribution in [3.05, 3.63) is 133 Å². The van der Waals surface area contributed by atoms with Gasteiger partial charge >= 0.3 is 0 Å². The molecule has 5 rings (SSSR count). The third-order valence-electron chi connectivity index (χ3n) is 6.21. The summed E-state index contributed by atoms with van der Waals surface area (Å²) >= 11 is 0. The number of hydrogen-bond acceptors (Lipinski definition) is 2. The van der Waals surface area contributed by atoms with Crippen LogP contribution in [-0.2, 0) is 0 Å². The number of H-pyrrole nitrogens is 4. The van der Waals surface area contributed by atoms with E-state index in [1.165, 1.54) is 0 Å². The summed E-state index contributed by atoms with van der Waals surface area (Å²) in [5.41, 5.74) is 6.72. The molecule has 6 heteroatoms. The average Bonchev–Trinajstić information content (AvgIpc) is 3.44. The van der Waals surface area contributed by atoms with Gasteiger partial charge in [-0.05, 0) is 30.5 Å². The highest BCUT2D eigenvalue weighted by Crippen LogP contribution is 2.34. The number of rotatable bonds is 6. The van der Waals surface area contributed by atoms with Crippen molar-refractivity contribution in [2.24, 2.45) is 0 Å². The molecule has 2 aromatic heterocycles. The first-order chi connectivity index (χ1) is 17.0. The van der Waals surface area contributed by atoms with Gasteiger partial charge in [0.05, 0.1) is 22.5 Å². The van der Waals surface area contributed by atoms with Gasteiger partial charge in [-0.1, -0.05) is 102 Å². The number of allylic oxidation sites excluding steroid dienone is 1. The van der Waals surface area contributed by atoms with E-state index in [9.17, 15) is 9.59 Å². The topological polar surface area (TPSA) is 97.3 Å². The summed E-state index contributed by atoms with van der Waals surface area (Å²) in [7, 11) is 0. The van der Waals surface area contributed by atoms with Crippen molar-refractivity contribution < 1.29 is 0 Å². The molecule has 0 bridgehead atoms. The van der Waals surface area contributed by atoms with Gasteiger partial charge in [-0.15, -0.1) is 0 Å². The SMILES string of the molecule is Cc1ccc(-c2[nH][nH]c(=O)c2C(/C=C/c2ccccc2)c2c(-c3ccc(C)cc3)[nH][nH]c2=O)cc1. The van der Waals surface area contributed by atoms with Crippen LogP contribution in [0.25, 0.3) is 28.6 Å². The van der Waals surface area contributed by atoms with Crippen LogP contribution in [0.5, 0.6) is 0 Å². The van der Waals surface area contributed by atoms with E-state index in [0.717, 1.165) is 27.8 Å². The first-order valence-electron chi connectivity index (χ1n) is 11.5. The lowest BCUT2D eigenvalue weighted by Crippen LogP contribution is -2.17. The Kier molecular flexibility index (Phi) is 5.94. The summed E-state index contributed by atoms with van der Waals surface area (Å²) in [4.78, 5) is 26.4. The van der Waals surface area contributed by atoms with Crippen molar-refractivity contribution in [3.63, 3.8) is 0 Å². The lowest BCUT2D eigenvalue weighted by atomic mass is 9.87. The van der Waals surface area contributed by atoms with Crippen LogP contribution in [-0.4, -0.2) is 20.4 Å². The maximum Gasteiger partial charge on any atom is 0.268 e. The quantitative estimate of drug-likeness (QED) is 0.267. The Morgan fingerprint density at radius 2 is 1.06 bits per heavy atom. The van der Waals surface area contributed by atoms with Gasteiger partial charge in [-0.2, -0.15) is 0 Å². The Hall–Kier alpha value is -4.58. The largest absolute Gasteiger partial charge is 0.297 e. The van der Waals surface area contributed by atoms with Crippen molar-refractivity contribution >= 4 is 6.08 Å². The fourth-order valence-electron chi connectivity index (χ4n) is 4.33. The van der Waals surface area contributed by atoms with Gasteiger partial charge in [0.2, 0.25) is 0 Å². The standard InChI is InChI=1S/C29H26N4O2/c1-18-8-13-21(14-9-18)26-24(28(34)32-30-26)23(17-12-20-6-4-3-5-7-20)25-27(31-33-29(25)35)22-15-10-19(2)11-16-22/h3-17,23H,1-2H3,(H2,30,32,34)(H2,31,33,35)/b17-12+. The van der Waals surface area contributed by atoms with Gasteiger partial charge in [0.25, 0.3) is 11.1 Å². The third kappa shape index (κ3) is 4.46. The minimum absolute atomic E-state index is 0.265. The van der Waals surface area contributed by atoms with E-state index in [4.69, 9.17) is 0 Å². The fraction of sp³-hybridized carbons (Fsp3) is 0.103. The lowest BCUT2D eigenvalue weighted by Gasteiger charge is -2.14. The number of benzene rings is 3. The minimum Gasteiger partial charge on any atom is -0.297 e. The van der Waals surface area contributed by atoms with Gasteiger partial charge in [0, 0.05) is 5.92 Å². The number of hydrogen-bond donors (Lipinski definition) is 4. The maximum absolute atomic E-state index is 13.2. The molecule has 5 aromatic rings. The summed E-state index contributed by atoms with van der Waals surface area (Å²) in [6.45, 7) is 4.03. The first kappa shape index (κ1) is 22.2. The maximum atomic E-state index is 13.2. The highest BCUT2D eigenvalue weighted by Gasteiger charge is 2.28. The van der Waals surface area contributed by atoms with E-state index < -0.39 is 5.92 Å². The zero-order valence-electron chi connectivity index (χ0n) is 19.6. The molecule has 0 saturated heterocycles. The summed E-state index contributed by atoms with van der Waals surface area (Å²) < 4.78 is 0. The fourth-order valence-corrected chi connectivity index (χ4v) is 4.33. The molecule has 174 valence electrons. The molecule has 0 aliphatic rings. The molecular weight excluding hydrogens is 436 g/mol. The Morgan fingerprint density at radius 3 is 1.51 bits per heavy atom. The number of aromatic amines is 4. The van der Waals surface area contributed by atoms with Gasteiger partial charge in [0.15, 0.2) is 0 Å². The zero-order valence-corrected chi connectivity index (χ0v) is 19.6. The van der Waals surface area contributed by atoms with Crippen LogP contribution < -0.4 is 11.1 Å². The molecule has 0 amide bonds. The van der Waals surface area contributed by atoms with Crippen molar-refractivity contribution in [1.82, 2.24) is 20.4 Å². The first-order valence-corrected chi connectivity index (χ1v) is 11.5. The Labute approximate surface area is 202 Å². The molecule has 0 unspecified atom stereocenters. The normalized spacial score (nSPS) is 11.5. The van der Waals surface area contributed by atoms with Crippen LogP contribution in [0.15, 0.2) is 94.5 Å². The molecule has 3 aromatic carbocycles. The van der Waals surface area contributed by atoms with Crippen LogP contribution >= 0.6 is 0 Å². The lowest BCUT2D eigenvalue weighted by molar-refractivity contribution is 0.996. The molecule has 0 atom stereocenters. The Morgan fingerprint density at radius 1 is 0.600 bits per heavy atom. The number of nitrogens with one attached hydrogen (secondary N) is 4. The summed E-state index contributed by atoms with van der Waals surface area (Å²) in [6.07, 6.45) is 3.86. The monoisotopic (exact) mass is 462 g/mol. The van der Waals surface area contributed by atoms with E-state index in [-0.39, 0.29) is 11.1 Å². The van der Waals surface area contributed by atoms with Crippen LogP contribution in [0.3, 0.4) is 0 Å². The second-order valence-corrected chi connectivity index (χ2v) is 8.72. The molecule has 0 fully saturated rings. The molecule has 4 N–H and O–H groups in total. The molecule has 0 saturated carbocycles. The molecule has 6 nitrogen and oxygen atoms in total. The van der Waals surface area contributed by atoms with E-state index in [2.05, 4.69) is 20.4 Å².